The highest BCUT2D eigenvalue weighted by Gasteiger charge is 2.01. The summed E-state index contributed by atoms with van der Waals surface area (Å²) in [4.78, 5) is 0. The molecule has 0 fully saturated rings. The highest BCUT2D eigenvalue weighted by Crippen LogP contribution is 2.16. The molecule has 1 unspecified atom stereocenters. The molecule has 1 aromatic rings. The highest BCUT2D eigenvalue weighted by molar-refractivity contribution is 5.49. The van der Waals surface area contributed by atoms with Crippen LogP contribution in [0.25, 0.3) is 0 Å². The van der Waals surface area contributed by atoms with Crippen LogP contribution in [0.1, 0.15) is 26.3 Å². The first-order chi connectivity index (χ1) is 9.06. The molecule has 2 nitrogen and oxygen atoms in total. The van der Waals surface area contributed by atoms with E-state index in [0.717, 1.165) is 17.8 Å². The summed E-state index contributed by atoms with van der Waals surface area (Å²) in [7, 11) is 1.71. The van der Waals surface area contributed by atoms with E-state index in [2.05, 4.69) is 56.9 Å². The van der Waals surface area contributed by atoms with Crippen molar-refractivity contribution in [2.45, 2.75) is 27.2 Å². The SMILES string of the molecule is C=CC(C)Cc1ccc(N/C(C)=C(/C)COC)cc1. The minimum absolute atomic E-state index is 0.518. The number of anilines is 1. The quantitative estimate of drug-likeness (QED) is 0.733. The predicted molar refractivity (Wildman–Crippen MR) is 83.4 cm³/mol. The van der Waals surface area contributed by atoms with Crippen molar-refractivity contribution in [3.05, 3.63) is 53.8 Å². The van der Waals surface area contributed by atoms with Gasteiger partial charge in [0.1, 0.15) is 0 Å². The maximum atomic E-state index is 5.13. The standard InChI is InChI=1S/C17H25NO/c1-6-13(2)11-16-7-9-17(10-8-16)18-15(4)14(3)12-19-5/h6-10,13,18H,1,11-12H2,2-5H3/b15-14-. The minimum Gasteiger partial charge on any atom is -0.380 e. The summed E-state index contributed by atoms with van der Waals surface area (Å²) in [6, 6.07) is 8.58. The number of hydrogen-bond acceptors (Lipinski definition) is 2. The van der Waals surface area contributed by atoms with Crippen molar-refractivity contribution >= 4 is 5.69 Å². The van der Waals surface area contributed by atoms with Crippen molar-refractivity contribution in [2.24, 2.45) is 5.92 Å². The van der Waals surface area contributed by atoms with Gasteiger partial charge in [0.05, 0.1) is 6.61 Å². The Balaban J connectivity index is 2.66. The van der Waals surface area contributed by atoms with Crippen molar-refractivity contribution < 1.29 is 4.74 Å². The normalized spacial score (nSPS) is 13.7. The zero-order chi connectivity index (χ0) is 14.3. The van der Waals surface area contributed by atoms with E-state index in [-0.39, 0.29) is 0 Å². The molecule has 0 aromatic heterocycles. The fraction of sp³-hybridized carbons (Fsp3) is 0.412. The lowest BCUT2D eigenvalue weighted by Gasteiger charge is -2.12. The molecule has 19 heavy (non-hydrogen) atoms. The molecule has 2 heteroatoms. The van der Waals surface area contributed by atoms with E-state index < -0.39 is 0 Å². The Hall–Kier alpha value is -1.54. The van der Waals surface area contributed by atoms with Crippen molar-refractivity contribution in [1.29, 1.82) is 0 Å². The molecule has 0 radical (unpaired) electrons. The molecule has 0 amide bonds. The van der Waals surface area contributed by atoms with Crippen LogP contribution in [0, 0.1) is 5.92 Å². The zero-order valence-electron chi connectivity index (χ0n) is 12.5. The summed E-state index contributed by atoms with van der Waals surface area (Å²) >= 11 is 0. The fourth-order valence-electron chi connectivity index (χ4n) is 1.83. The summed E-state index contributed by atoms with van der Waals surface area (Å²) in [6.45, 7) is 10.8. The summed E-state index contributed by atoms with van der Waals surface area (Å²) < 4.78 is 5.13. The van der Waals surface area contributed by atoms with E-state index in [0.29, 0.717) is 12.5 Å². The minimum atomic E-state index is 0.518. The third-order valence-corrected chi connectivity index (χ3v) is 3.25. The van der Waals surface area contributed by atoms with Gasteiger partial charge in [-0.3, -0.25) is 0 Å². The van der Waals surface area contributed by atoms with E-state index in [4.69, 9.17) is 4.74 Å². The second-order valence-electron chi connectivity index (χ2n) is 5.08. The molecular weight excluding hydrogens is 234 g/mol. The summed E-state index contributed by atoms with van der Waals surface area (Å²) in [6.07, 6.45) is 3.04. The molecule has 1 rings (SSSR count). The average molecular weight is 259 g/mol. The monoisotopic (exact) mass is 259 g/mol. The molecule has 1 N–H and O–H groups in total. The van der Waals surface area contributed by atoms with Crippen LogP contribution in [0.3, 0.4) is 0 Å². The molecule has 1 atom stereocenters. The molecule has 0 heterocycles. The van der Waals surface area contributed by atoms with Crippen LogP contribution in [-0.4, -0.2) is 13.7 Å². The smallest absolute Gasteiger partial charge is 0.0689 e. The number of benzene rings is 1. The van der Waals surface area contributed by atoms with Gasteiger partial charge in [0.15, 0.2) is 0 Å². The Morgan fingerprint density at radius 1 is 1.32 bits per heavy atom. The van der Waals surface area contributed by atoms with Gasteiger partial charge >= 0.3 is 0 Å². The fourth-order valence-corrected chi connectivity index (χ4v) is 1.83. The van der Waals surface area contributed by atoms with Crippen LogP contribution < -0.4 is 5.32 Å². The molecule has 1 aromatic carbocycles. The number of rotatable bonds is 7. The number of methoxy groups -OCH3 is 1. The topological polar surface area (TPSA) is 21.3 Å². The van der Waals surface area contributed by atoms with Gasteiger partial charge in [-0.2, -0.15) is 0 Å². The largest absolute Gasteiger partial charge is 0.380 e. The molecular formula is C17H25NO. The van der Waals surface area contributed by atoms with Crippen LogP contribution in [0.4, 0.5) is 5.69 Å². The second-order valence-corrected chi connectivity index (χ2v) is 5.08. The van der Waals surface area contributed by atoms with Crippen LogP contribution in [-0.2, 0) is 11.2 Å². The van der Waals surface area contributed by atoms with Gasteiger partial charge in [0, 0.05) is 18.5 Å². The summed E-state index contributed by atoms with van der Waals surface area (Å²) in [5, 5.41) is 3.40. The van der Waals surface area contributed by atoms with Crippen molar-refractivity contribution in [1.82, 2.24) is 0 Å². The highest BCUT2D eigenvalue weighted by atomic mass is 16.5. The maximum Gasteiger partial charge on any atom is 0.0689 e. The molecule has 0 spiro atoms. The first-order valence-corrected chi connectivity index (χ1v) is 6.70. The van der Waals surface area contributed by atoms with Crippen molar-refractivity contribution in [2.75, 3.05) is 19.0 Å². The van der Waals surface area contributed by atoms with Crippen molar-refractivity contribution in [3.8, 4) is 0 Å². The van der Waals surface area contributed by atoms with Gasteiger partial charge in [0.2, 0.25) is 0 Å². The zero-order valence-corrected chi connectivity index (χ0v) is 12.5. The third kappa shape index (κ3) is 5.31. The number of ether oxygens (including phenoxy) is 1. The average Bonchev–Trinajstić information content (AvgIpc) is 2.41. The Labute approximate surface area is 117 Å². The molecule has 0 saturated heterocycles. The first-order valence-electron chi connectivity index (χ1n) is 6.70. The van der Waals surface area contributed by atoms with Gasteiger partial charge in [-0.05, 0) is 49.5 Å². The third-order valence-electron chi connectivity index (χ3n) is 3.25. The number of hydrogen-bond donors (Lipinski definition) is 1. The lowest BCUT2D eigenvalue weighted by atomic mass is 10.0. The van der Waals surface area contributed by atoms with Crippen LogP contribution in [0.15, 0.2) is 48.2 Å². The summed E-state index contributed by atoms with van der Waals surface area (Å²) in [5.74, 6) is 0.518. The van der Waals surface area contributed by atoms with Crippen LogP contribution in [0.5, 0.6) is 0 Å². The Morgan fingerprint density at radius 3 is 2.47 bits per heavy atom. The number of nitrogens with one attached hydrogen (secondary N) is 1. The summed E-state index contributed by atoms with van der Waals surface area (Å²) in [5.41, 5.74) is 4.82. The molecule has 104 valence electrons. The van der Waals surface area contributed by atoms with Gasteiger partial charge in [-0.15, -0.1) is 6.58 Å². The van der Waals surface area contributed by atoms with Crippen LogP contribution in [0.2, 0.25) is 0 Å². The molecule has 0 aliphatic heterocycles. The van der Waals surface area contributed by atoms with E-state index in [9.17, 15) is 0 Å². The Bertz CT molecular complexity index is 431. The predicted octanol–water partition coefficient (Wildman–Crippen LogP) is 4.40. The van der Waals surface area contributed by atoms with E-state index in [1.54, 1.807) is 7.11 Å². The van der Waals surface area contributed by atoms with Gasteiger partial charge in [-0.1, -0.05) is 25.1 Å². The second kappa shape index (κ2) is 7.80. The van der Waals surface area contributed by atoms with E-state index >= 15 is 0 Å². The number of allylic oxidation sites excluding steroid dienone is 2. The first kappa shape index (κ1) is 15.5. The lowest BCUT2D eigenvalue weighted by molar-refractivity contribution is 0.225. The van der Waals surface area contributed by atoms with Gasteiger partial charge in [0.25, 0.3) is 0 Å². The Kier molecular flexibility index (Phi) is 6.37. The lowest BCUT2D eigenvalue weighted by Crippen LogP contribution is -2.03. The van der Waals surface area contributed by atoms with Gasteiger partial charge in [-0.25, -0.2) is 0 Å². The molecule has 0 aliphatic rings. The van der Waals surface area contributed by atoms with Crippen LogP contribution >= 0.6 is 0 Å². The molecule has 0 aliphatic carbocycles. The molecule has 0 saturated carbocycles. The maximum absolute atomic E-state index is 5.13. The van der Waals surface area contributed by atoms with E-state index in [1.807, 2.05) is 6.08 Å². The Morgan fingerprint density at radius 2 is 1.95 bits per heavy atom. The molecule has 0 bridgehead atoms. The van der Waals surface area contributed by atoms with Crippen molar-refractivity contribution in [3.63, 3.8) is 0 Å². The van der Waals surface area contributed by atoms with E-state index in [1.165, 1.54) is 11.1 Å². The van der Waals surface area contributed by atoms with Gasteiger partial charge < -0.3 is 10.1 Å².